The molecular weight excluding hydrogens is 384 g/mol. The van der Waals surface area contributed by atoms with Crippen LogP contribution in [0.3, 0.4) is 0 Å². The zero-order valence-corrected chi connectivity index (χ0v) is 18.3. The third kappa shape index (κ3) is 3.00. The molecule has 156 valence electrons. The van der Waals surface area contributed by atoms with Crippen molar-refractivity contribution in [3.05, 3.63) is 86.2 Å². The molecule has 0 atom stereocenters. The van der Waals surface area contributed by atoms with Crippen molar-refractivity contribution in [2.75, 3.05) is 0 Å². The number of hydrogen-bond donors (Lipinski definition) is 3. The number of nitrogens with one attached hydrogen (secondary N) is 2. The lowest BCUT2D eigenvalue weighted by Gasteiger charge is -2.06. The molecule has 8 bridgehead atoms. The summed E-state index contributed by atoms with van der Waals surface area (Å²) in [6.07, 6.45) is 11.1. The molecule has 3 aliphatic rings. The second-order valence-corrected chi connectivity index (χ2v) is 8.09. The van der Waals surface area contributed by atoms with Crippen LogP contribution in [0.15, 0.2) is 62.9 Å². The van der Waals surface area contributed by atoms with Crippen molar-refractivity contribution in [2.24, 2.45) is 9.98 Å². The van der Waals surface area contributed by atoms with Gasteiger partial charge in [-0.2, -0.15) is 0 Å². The summed E-state index contributed by atoms with van der Waals surface area (Å²) in [4.78, 5) is 16.8. The van der Waals surface area contributed by atoms with Gasteiger partial charge in [-0.25, -0.2) is 9.98 Å². The molecule has 0 unspecified atom stereocenters. The second-order valence-electron chi connectivity index (χ2n) is 8.09. The first-order valence-corrected chi connectivity index (χ1v) is 10.8. The molecule has 0 fully saturated rings. The van der Waals surface area contributed by atoms with Crippen LogP contribution in [0.4, 0.5) is 0 Å². The maximum absolute atomic E-state index is 10.1. The molecule has 0 saturated carbocycles. The normalized spacial score (nSPS) is 18.6. The summed E-state index contributed by atoms with van der Waals surface area (Å²) in [5.74, 6) is 0. The molecule has 0 radical (unpaired) electrons. The Morgan fingerprint density at radius 3 is 2.55 bits per heavy atom. The maximum Gasteiger partial charge on any atom is 0.0907 e. The lowest BCUT2D eigenvalue weighted by molar-refractivity contribution is 0.472. The molecule has 3 aliphatic heterocycles. The van der Waals surface area contributed by atoms with Crippen LogP contribution in [-0.4, -0.2) is 26.5 Å². The summed E-state index contributed by atoms with van der Waals surface area (Å²) in [6.45, 7) is 8.57. The van der Waals surface area contributed by atoms with Crippen molar-refractivity contribution in [2.45, 2.75) is 40.5 Å². The molecular formula is C26H26N4O. The van der Waals surface area contributed by atoms with E-state index in [2.05, 4.69) is 55.9 Å². The van der Waals surface area contributed by atoms with Crippen LogP contribution in [0.1, 0.15) is 49.7 Å². The number of nitrogens with zero attached hydrogens (tertiary/aromatic N) is 2. The van der Waals surface area contributed by atoms with E-state index in [1.807, 2.05) is 18.2 Å². The summed E-state index contributed by atoms with van der Waals surface area (Å²) in [5, 5.41) is 12.1. The fourth-order valence-corrected chi connectivity index (χ4v) is 4.69. The SMILES string of the molecule is CCC1=C(C)C2=NC1=Cc1[nH]c(c(C)c1CC)C=c1ccc([nH]1)=C1C=CC(=N1)/C2=C\O. The fraction of sp³-hybridized carbons (Fsp3) is 0.231. The highest BCUT2D eigenvalue weighted by atomic mass is 16.2. The van der Waals surface area contributed by atoms with Crippen molar-refractivity contribution in [1.82, 2.24) is 9.97 Å². The van der Waals surface area contributed by atoms with Crippen LogP contribution < -0.4 is 10.7 Å². The number of aliphatic hydroxyl groups is 1. The van der Waals surface area contributed by atoms with Gasteiger partial charge in [0.05, 0.1) is 40.0 Å². The molecule has 2 aromatic rings. The average Bonchev–Trinajstić information content (AvgIpc) is 3.52. The monoisotopic (exact) mass is 410 g/mol. The van der Waals surface area contributed by atoms with Crippen LogP contribution in [-0.2, 0) is 6.42 Å². The van der Waals surface area contributed by atoms with Crippen molar-refractivity contribution >= 4 is 29.3 Å². The van der Waals surface area contributed by atoms with Gasteiger partial charge in [-0.3, -0.25) is 0 Å². The molecule has 0 aromatic carbocycles. The number of aromatic nitrogens is 2. The molecule has 5 heteroatoms. The Kier molecular flexibility index (Phi) is 4.54. The highest BCUT2D eigenvalue weighted by Gasteiger charge is 2.26. The van der Waals surface area contributed by atoms with Gasteiger partial charge in [-0.15, -0.1) is 0 Å². The predicted octanol–water partition coefficient (Wildman–Crippen LogP) is 4.14. The Morgan fingerprint density at radius 2 is 1.81 bits per heavy atom. The van der Waals surface area contributed by atoms with Crippen molar-refractivity contribution < 1.29 is 5.11 Å². The highest BCUT2D eigenvalue weighted by molar-refractivity contribution is 6.35. The summed E-state index contributed by atoms with van der Waals surface area (Å²) in [6, 6.07) is 4.11. The topological polar surface area (TPSA) is 76.5 Å². The van der Waals surface area contributed by atoms with E-state index in [0.717, 1.165) is 63.9 Å². The molecule has 3 N–H and O–H groups in total. The third-order valence-corrected chi connectivity index (χ3v) is 6.37. The average molecular weight is 411 g/mol. The summed E-state index contributed by atoms with van der Waals surface area (Å²) < 4.78 is 0. The maximum atomic E-state index is 10.1. The van der Waals surface area contributed by atoms with Crippen LogP contribution in [0, 0.1) is 6.92 Å². The van der Waals surface area contributed by atoms with E-state index < -0.39 is 0 Å². The first-order chi connectivity index (χ1) is 15.0. The molecule has 2 aromatic heterocycles. The van der Waals surface area contributed by atoms with Crippen LogP contribution in [0.5, 0.6) is 0 Å². The van der Waals surface area contributed by atoms with Gasteiger partial charge in [-0.1, -0.05) is 13.8 Å². The first-order valence-electron chi connectivity index (χ1n) is 10.8. The molecule has 31 heavy (non-hydrogen) atoms. The Labute approximate surface area is 181 Å². The van der Waals surface area contributed by atoms with Gasteiger partial charge in [0.1, 0.15) is 0 Å². The summed E-state index contributed by atoms with van der Waals surface area (Å²) >= 11 is 0. The molecule has 0 spiro atoms. The van der Waals surface area contributed by atoms with Gasteiger partial charge in [0.25, 0.3) is 0 Å². The Morgan fingerprint density at radius 1 is 0.968 bits per heavy atom. The van der Waals surface area contributed by atoms with Crippen LogP contribution >= 0.6 is 0 Å². The zero-order chi connectivity index (χ0) is 21.7. The van der Waals surface area contributed by atoms with E-state index in [0.29, 0.717) is 11.3 Å². The standard InChI is InChI=1S/C26H26N4O/c1-5-17-14(3)23-11-16-7-8-21(27-16)22-10-9-20(28-22)19(13-31)26-15(4)18(6-2)25(30-26)12-24(17)29-23/h7-13,27,29,31H,5-6H2,1-4H3/b16-11?,19-13+,22-21?,25-12?. The molecule has 5 nitrogen and oxygen atoms in total. The van der Waals surface area contributed by atoms with Crippen molar-refractivity contribution in [1.29, 1.82) is 0 Å². The van der Waals surface area contributed by atoms with Gasteiger partial charge in [0, 0.05) is 16.7 Å². The third-order valence-electron chi connectivity index (χ3n) is 6.37. The number of fused-ring (bicyclic) bond motifs is 6. The van der Waals surface area contributed by atoms with Crippen molar-refractivity contribution in [3.63, 3.8) is 0 Å². The Balaban J connectivity index is 1.86. The smallest absolute Gasteiger partial charge is 0.0907 e. The predicted molar refractivity (Wildman–Crippen MR) is 128 cm³/mol. The number of rotatable bonds is 2. The first kappa shape index (κ1) is 19.4. The van der Waals surface area contributed by atoms with Gasteiger partial charge in [0.2, 0.25) is 0 Å². The fourth-order valence-electron chi connectivity index (χ4n) is 4.69. The molecule has 0 saturated heterocycles. The van der Waals surface area contributed by atoms with Crippen molar-refractivity contribution in [3.8, 4) is 0 Å². The molecule has 5 heterocycles. The number of aliphatic hydroxyl groups excluding tert-OH is 1. The minimum Gasteiger partial charge on any atom is -0.515 e. The van der Waals surface area contributed by atoms with E-state index >= 15 is 0 Å². The highest BCUT2D eigenvalue weighted by Crippen LogP contribution is 2.34. The summed E-state index contributed by atoms with van der Waals surface area (Å²) in [7, 11) is 0. The number of aromatic amines is 2. The number of H-pyrrole nitrogens is 2. The van der Waals surface area contributed by atoms with E-state index in [9.17, 15) is 5.11 Å². The van der Waals surface area contributed by atoms with E-state index in [1.165, 1.54) is 16.7 Å². The van der Waals surface area contributed by atoms with Crippen LogP contribution in [0.25, 0.3) is 17.8 Å². The number of aliphatic imine (C=N–C) groups is 2. The molecule has 0 aliphatic carbocycles. The zero-order valence-electron chi connectivity index (χ0n) is 18.3. The van der Waals surface area contributed by atoms with Gasteiger partial charge in [0.15, 0.2) is 0 Å². The molecule has 5 rings (SSSR count). The second kappa shape index (κ2) is 7.27. The number of hydrogen-bond acceptors (Lipinski definition) is 3. The Hall–Kier alpha value is -3.60. The Bertz CT molecular complexity index is 1410. The van der Waals surface area contributed by atoms with E-state index in [-0.39, 0.29) is 0 Å². The van der Waals surface area contributed by atoms with E-state index in [1.54, 1.807) is 0 Å². The quantitative estimate of drug-likeness (QED) is 0.640. The minimum absolute atomic E-state index is 0.644. The summed E-state index contributed by atoms with van der Waals surface area (Å²) in [5.41, 5.74) is 10.9. The lowest BCUT2D eigenvalue weighted by atomic mass is 9.97. The lowest BCUT2D eigenvalue weighted by Crippen LogP contribution is -2.12. The van der Waals surface area contributed by atoms with E-state index in [4.69, 9.17) is 9.98 Å². The molecule has 0 amide bonds. The van der Waals surface area contributed by atoms with Gasteiger partial charge >= 0.3 is 0 Å². The van der Waals surface area contributed by atoms with Crippen LogP contribution in [0.2, 0.25) is 0 Å². The minimum atomic E-state index is 0.644. The van der Waals surface area contributed by atoms with Gasteiger partial charge < -0.3 is 15.1 Å². The van der Waals surface area contributed by atoms with Gasteiger partial charge in [-0.05, 0) is 85.4 Å². The number of allylic oxidation sites excluding steroid dienone is 4. The largest absolute Gasteiger partial charge is 0.515 e.